The van der Waals surface area contributed by atoms with Crippen LogP contribution in [-0.2, 0) is 0 Å². The summed E-state index contributed by atoms with van der Waals surface area (Å²) in [5.41, 5.74) is 1.63. The molecule has 5 nitrogen and oxygen atoms in total. The Hall–Kier alpha value is -2.02. The van der Waals surface area contributed by atoms with Crippen molar-refractivity contribution in [3.05, 3.63) is 52.8 Å². The van der Waals surface area contributed by atoms with Gasteiger partial charge < -0.3 is 0 Å². The van der Waals surface area contributed by atoms with Gasteiger partial charge >= 0.3 is 0 Å². The molecule has 4 rings (SSSR count). The fourth-order valence-electron chi connectivity index (χ4n) is 2.07. The summed E-state index contributed by atoms with van der Waals surface area (Å²) < 4.78 is 1.67. The molecule has 0 spiro atoms. The van der Waals surface area contributed by atoms with Crippen LogP contribution in [0.2, 0.25) is 10.0 Å². The Bertz CT molecular complexity index is 964. The number of halogens is 2. The Morgan fingerprint density at radius 2 is 1.95 bits per heavy atom. The minimum Gasteiger partial charge on any atom is -0.264 e. The number of pyridine rings is 1. The largest absolute Gasteiger partial charge is 0.264 e. The molecule has 3 heterocycles. The maximum absolute atomic E-state index is 6.26. The maximum atomic E-state index is 6.26. The van der Waals surface area contributed by atoms with Gasteiger partial charge in [0.2, 0.25) is 4.96 Å². The molecule has 0 amide bonds. The van der Waals surface area contributed by atoms with E-state index in [1.807, 2.05) is 24.3 Å². The summed E-state index contributed by atoms with van der Waals surface area (Å²) in [6, 6.07) is 9.21. The molecule has 0 aliphatic heterocycles. The van der Waals surface area contributed by atoms with Gasteiger partial charge in [-0.05, 0) is 24.3 Å². The van der Waals surface area contributed by atoms with Gasteiger partial charge in [0, 0.05) is 23.5 Å². The minimum absolute atomic E-state index is 0.439. The van der Waals surface area contributed by atoms with Crippen LogP contribution in [0.1, 0.15) is 0 Å². The van der Waals surface area contributed by atoms with E-state index in [9.17, 15) is 0 Å². The molecule has 0 atom stereocenters. The fraction of sp³-hybridized carbons (Fsp3) is 0. The van der Waals surface area contributed by atoms with Gasteiger partial charge in [0.05, 0.1) is 10.0 Å². The van der Waals surface area contributed by atoms with E-state index in [1.54, 1.807) is 23.0 Å². The number of nitrogens with zero attached hydrogens (tertiary/aromatic N) is 5. The Morgan fingerprint density at radius 3 is 2.77 bits per heavy atom. The van der Waals surface area contributed by atoms with Crippen molar-refractivity contribution in [1.29, 1.82) is 0 Å². The molecule has 8 heteroatoms. The third-order valence-electron chi connectivity index (χ3n) is 3.09. The lowest BCUT2D eigenvalue weighted by molar-refractivity contribution is 0.970. The molecule has 0 fully saturated rings. The molecule has 0 N–H and O–H groups in total. The van der Waals surface area contributed by atoms with E-state index in [2.05, 4.69) is 20.3 Å². The van der Waals surface area contributed by atoms with Gasteiger partial charge in [-0.25, -0.2) is 0 Å². The molecule has 0 unspecified atom stereocenters. The van der Waals surface area contributed by atoms with Crippen LogP contribution < -0.4 is 0 Å². The lowest BCUT2D eigenvalue weighted by atomic mass is 10.2. The lowest BCUT2D eigenvalue weighted by Crippen LogP contribution is -1.92. The van der Waals surface area contributed by atoms with Crippen LogP contribution in [0, 0.1) is 0 Å². The second-order valence-corrected chi connectivity index (χ2v) is 6.21. The van der Waals surface area contributed by atoms with E-state index in [1.165, 1.54) is 11.3 Å². The van der Waals surface area contributed by atoms with Crippen molar-refractivity contribution in [3.8, 4) is 22.0 Å². The second-order valence-electron chi connectivity index (χ2n) is 4.47. The Kier molecular flexibility index (Phi) is 3.29. The third-order valence-corrected chi connectivity index (χ3v) is 4.86. The van der Waals surface area contributed by atoms with Gasteiger partial charge in [0.15, 0.2) is 5.82 Å². The highest BCUT2D eigenvalue weighted by Gasteiger charge is 2.17. The summed E-state index contributed by atoms with van der Waals surface area (Å²) in [5, 5.41) is 14.6. The van der Waals surface area contributed by atoms with Crippen molar-refractivity contribution < 1.29 is 0 Å². The minimum atomic E-state index is 0.439. The Balaban J connectivity index is 1.90. The summed E-state index contributed by atoms with van der Waals surface area (Å²) in [6.07, 6.45) is 3.48. The van der Waals surface area contributed by atoms with Crippen LogP contribution in [0.4, 0.5) is 0 Å². The molecule has 0 aliphatic rings. The average Bonchev–Trinajstić information content (AvgIpc) is 3.12. The summed E-state index contributed by atoms with van der Waals surface area (Å²) in [7, 11) is 0. The standard InChI is InChI=1S/C14H7Cl2N5S/c15-10-5-1-4-9(11(10)16)12-18-19-14-21(12)20-13(22-14)8-3-2-6-17-7-8/h1-7H. The molecule has 108 valence electrons. The normalized spacial score (nSPS) is 11.2. The van der Waals surface area contributed by atoms with Gasteiger partial charge in [-0.2, -0.15) is 9.61 Å². The maximum Gasteiger partial charge on any atom is 0.235 e. The van der Waals surface area contributed by atoms with Crippen LogP contribution in [-0.4, -0.2) is 24.8 Å². The number of fused-ring (bicyclic) bond motifs is 1. The van der Waals surface area contributed by atoms with E-state index in [-0.39, 0.29) is 0 Å². The van der Waals surface area contributed by atoms with Gasteiger partial charge in [0.25, 0.3) is 0 Å². The number of rotatable bonds is 2. The van der Waals surface area contributed by atoms with Gasteiger partial charge in [-0.3, -0.25) is 4.98 Å². The van der Waals surface area contributed by atoms with Gasteiger partial charge in [-0.1, -0.05) is 40.6 Å². The Morgan fingerprint density at radius 1 is 1.05 bits per heavy atom. The predicted molar refractivity (Wildman–Crippen MR) is 87.3 cm³/mol. The molecular formula is C14H7Cl2N5S. The van der Waals surface area contributed by atoms with E-state index >= 15 is 0 Å². The highest BCUT2D eigenvalue weighted by Crippen LogP contribution is 2.34. The van der Waals surface area contributed by atoms with E-state index in [0.717, 1.165) is 10.6 Å². The summed E-state index contributed by atoms with van der Waals surface area (Å²) in [4.78, 5) is 4.79. The smallest absolute Gasteiger partial charge is 0.235 e. The van der Waals surface area contributed by atoms with Crippen molar-refractivity contribution in [2.75, 3.05) is 0 Å². The average molecular weight is 348 g/mol. The molecule has 4 aromatic rings. The fourth-order valence-corrected chi connectivity index (χ4v) is 3.28. The van der Waals surface area contributed by atoms with Crippen molar-refractivity contribution >= 4 is 39.5 Å². The number of aromatic nitrogens is 5. The second kappa shape index (κ2) is 5.31. The van der Waals surface area contributed by atoms with Crippen molar-refractivity contribution in [2.24, 2.45) is 0 Å². The van der Waals surface area contributed by atoms with Crippen LogP contribution in [0.3, 0.4) is 0 Å². The summed E-state index contributed by atoms with van der Waals surface area (Å²) in [5.74, 6) is 0.564. The van der Waals surface area contributed by atoms with Gasteiger partial charge in [0.1, 0.15) is 5.01 Å². The van der Waals surface area contributed by atoms with E-state index in [0.29, 0.717) is 26.4 Å². The number of hydrogen-bond donors (Lipinski definition) is 0. The number of hydrogen-bond acceptors (Lipinski definition) is 5. The molecule has 3 aromatic heterocycles. The van der Waals surface area contributed by atoms with Crippen molar-refractivity contribution in [3.63, 3.8) is 0 Å². The van der Waals surface area contributed by atoms with Crippen molar-refractivity contribution in [1.82, 2.24) is 24.8 Å². The molecule has 0 saturated heterocycles. The highest BCUT2D eigenvalue weighted by molar-refractivity contribution is 7.19. The van der Waals surface area contributed by atoms with Crippen LogP contribution >= 0.6 is 34.5 Å². The first kappa shape index (κ1) is 13.6. The SMILES string of the molecule is Clc1cccc(-c2nnc3sc(-c4cccnc4)nn23)c1Cl. The highest BCUT2D eigenvalue weighted by atomic mass is 35.5. The topological polar surface area (TPSA) is 56.0 Å². The van der Waals surface area contributed by atoms with Crippen LogP contribution in [0.5, 0.6) is 0 Å². The first-order chi connectivity index (χ1) is 10.7. The molecule has 0 radical (unpaired) electrons. The molecule has 22 heavy (non-hydrogen) atoms. The molecule has 0 bridgehead atoms. The lowest BCUT2D eigenvalue weighted by Gasteiger charge is -2.02. The van der Waals surface area contributed by atoms with Crippen molar-refractivity contribution in [2.45, 2.75) is 0 Å². The van der Waals surface area contributed by atoms with E-state index in [4.69, 9.17) is 23.2 Å². The first-order valence-corrected chi connectivity index (χ1v) is 7.88. The van der Waals surface area contributed by atoms with Crippen LogP contribution in [0.25, 0.3) is 26.9 Å². The molecule has 1 aromatic carbocycles. The monoisotopic (exact) mass is 347 g/mol. The molecule has 0 aliphatic carbocycles. The summed E-state index contributed by atoms with van der Waals surface area (Å²) >= 11 is 13.8. The zero-order valence-electron chi connectivity index (χ0n) is 10.9. The third kappa shape index (κ3) is 2.16. The quantitative estimate of drug-likeness (QED) is 0.544. The van der Waals surface area contributed by atoms with E-state index < -0.39 is 0 Å². The molecular weight excluding hydrogens is 341 g/mol. The zero-order valence-corrected chi connectivity index (χ0v) is 13.3. The zero-order chi connectivity index (χ0) is 15.1. The predicted octanol–water partition coefficient (Wildman–Crippen LogP) is 4.22. The Labute approximate surface area is 139 Å². The van der Waals surface area contributed by atoms with Gasteiger partial charge in [-0.15, -0.1) is 10.2 Å². The molecule has 0 saturated carbocycles. The number of benzene rings is 1. The first-order valence-electron chi connectivity index (χ1n) is 6.31. The van der Waals surface area contributed by atoms with Crippen LogP contribution in [0.15, 0.2) is 42.7 Å². The summed E-state index contributed by atoms with van der Waals surface area (Å²) in [6.45, 7) is 0.